The Morgan fingerprint density at radius 1 is 1.10 bits per heavy atom. The Labute approximate surface area is 251 Å². The normalized spacial score (nSPS) is 17.5. The van der Waals surface area contributed by atoms with Crippen molar-refractivity contribution in [1.29, 1.82) is 0 Å². The number of fused-ring (bicyclic) bond motifs is 3. The molecule has 12 heteroatoms. The number of methoxy groups -OCH3 is 1. The first-order valence-corrected chi connectivity index (χ1v) is 15.6. The van der Waals surface area contributed by atoms with E-state index in [2.05, 4.69) is 35.9 Å². The summed E-state index contributed by atoms with van der Waals surface area (Å²) in [6, 6.07) is 11.9. The highest BCUT2D eigenvalue weighted by molar-refractivity contribution is 9.10. The molecule has 9 nitrogen and oxygen atoms in total. The van der Waals surface area contributed by atoms with Gasteiger partial charge in [0.05, 0.1) is 25.1 Å². The number of hydrogen-bond acceptors (Lipinski definition) is 9. The van der Waals surface area contributed by atoms with Gasteiger partial charge in [-0.2, -0.15) is 0 Å². The predicted molar refractivity (Wildman–Crippen MR) is 160 cm³/mol. The van der Waals surface area contributed by atoms with E-state index in [0.29, 0.717) is 23.5 Å². The number of benzene rings is 2. The molecule has 2 aliphatic heterocycles. The summed E-state index contributed by atoms with van der Waals surface area (Å²) in [5.74, 6) is 0.768. The third-order valence-corrected chi connectivity index (χ3v) is 8.91. The minimum atomic E-state index is -0.521. The van der Waals surface area contributed by atoms with Crippen molar-refractivity contribution in [2.45, 2.75) is 30.5 Å². The van der Waals surface area contributed by atoms with Crippen LogP contribution in [0, 0.1) is 5.82 Å². The third-order valence-electron chi connectivity index (χ3n) is 7.41. The van der Waals surface area contributed by atoms with Gasteiger partial charge in [-0.1, -0.05) is 39.8 Å². The van der Waals surface area contributed by atoms with E-state index in [0.717, 1.165) is 72.3 Å². The number of rotatable bonds is 11. The third kappa shape index (κ3) is 7.06. The number of thioether (sulfide) groups is 1. The molecule has 1 aromatic heterocycles. The van der Waals surface area contributed by atoms with Crippen LogP contribution in [0.15, 0.2) is 57.1 Å². The monoisotopic (exact) mass is 644 g/mol. The summed E-state index contributed by atoms with van der Waals surface area (Å²) in [7, 11) is 1.36. The Hall–Kier alpha value is -2.64. The lowest BCUT2D eigenvalue weighted by Gasteiger charge is -2.34. The van der Waals surface area contributed by atoms with E-state index in [9.17, 15) is 9.90 Å². The first-order valence-electron chi connectivity index (χ1n) is 13.8. The molecule has 0 aliphatic carbocycles. The number of aliphatic hydroxyl groups is 1. The molecule has 41 heavy (non-hydrogen) atoms. The molecule has 0 spiro atoms. The van der Waals surface area contributed by atoms with Gasteiger partial charge in [0.15, 0.2) is 11.0 Å². The average Bonchev–Trinajstić information content (AvgIpc) is 3.34. The van der Waals surface area contributed by atoms with E-state index >= 15 is 4.39 Å². The fourth-order valence-corrected chi connectivity index (χ4v) is 6.48. The molecule has 0 unspecified atom stereocenters. The number of aliphatic hydroxyl groups excluding tert-OH is 1. The Morgan fingerprint density at radius 3 is 2.59 bits per heavy atom. The van der Waals surface area contributed by atoms with Gasteiger partial charge in [0, 0.05) is 60.5 Å². The first-order chi connectivity index (χ1) is 20.0. The van der Waals surface area contributed by atoms with E-state index < -0.39 is 6.04 Å². The van der Waals surface area contributed by atoms with E-state index in [1.54, 1.807) is 30.0 Å². The SMILES string of the molecule is COC(=O)CC[C@@H]1N=C(c2ccccc2F)c2cc(Br)ccc2-n2c(SCCCN3CCN(CCO)CC3)nnc21. The molecule has 2 aliphatic rings. The van der Waals surface area contributed by atoms with E-state index in [1.165, 1.54) is 13.2 Å². The number of nitrogens with zero attached hydrogens (tertiary/aromatic N) is 6. The van der Waals surface area contributed by atoms with Crippen molar-refractivity contribution >= 4 is 39.4 Å². The van der Waals surface area contributed by atoms with E-state index in [4.69, 9.17) is 9.73 Å². The van der Waals surface area contributed by atoms with Crippen LogP contribution in [0.4, 0.5) is 4.39 Å². The molecule has 0 amide bonds. The number of β-amino-alcohol motifs (C(OH)–C–C–N with tert-alkyl or cyclic N) is 1. The summed E-state index contributed by atoms with van der Waals surface area (Å²) in [4.78, 5) is 21.8. The van der Waals surface area contributed by atoms with Gasteiger partial charge in [0.1, 0.15) is 11.9 Å². The highest BCUT2D eigenvalue weighted by Gasteiger charge is 2.30. The Bertz CT molecular complexity index is 1390. The van der Waals surface area contributed by atoms with Crippen LogP contribution >= 0.6 is 27.7 Å². The quantitative estimate of drug-likeness (QED) is 0.189. The molecule has 1 fully saturated rings. The Morgan fingerprint density at radius 2 is 1.85 bits per heavy atom. The second kappa shape index (κ2) is 14.0. The van der Waals surface area contributed by atoms with Crippen molar-refractivity contribution in [3.05, 3.63) is 69.7 Å². The van der Waals surface area contributed by atoms with Crippen molar-refractivity contribution < 1.29 is 19.0 Å². The maximum atomic E-state index is 15.1. The molecule has 2 aromatic carbocycles. The molecule has 3 aromatic rings. The summed E-state index contributed by atoms with van der Waals surface area (Å²) in [5.41, 5.74) is 2.48. The van der Waals surface area contributed by atoms with Crippen molar-refractivity contribution in [1.82, 2.24) is 24.6 Å². The number of piperazine rings is 1. The molecule has 218 valence electrons. The lowest BCUT2D eigenvalue weighted by atomic mass is 10.00. The zero-order valence-corrected chi connectivity index (χ0v) is 25.4. The van der Waals surface area contributed by atoms with Gasteiger partial charge in [-0.3, -0.25) is 19.3 Å². The van der Waals surface area contributed by atoms with Gasteiger partial charge in [-0.25, -0.2) is 4.39 Å². The van der Waals surface area contributed by atoms with Crippen LogP contribution < -0.4 is 0 Å². The fraction of sp³-hybridized carbons (Fsp3) is 0.448. The number of halogens is 2. The lowest BCUT2D eigenvalue weighted by molar-refractivity contribution is -0.140. The Kier molecular flexibility index (Phi) is 10.2. The maximum absolute atomic E-state index is 15.1. The molecule has 0 radical (unpaired) electrons. The lowest BCUT2D eigenvalue weighted by Crippen LogP contribution is -2.47. The van der Waals surface area contributed by atoms with E-state index in [-0.39, 0.29) is 24.8 Å². The van der Waals surface area contributed by atoms with Crippen molar-refractivity contribution in [2.75, 3.05) is 58.7 Å². The molecule has 1 atom stereocenters. The van der Waals surface area contributed by atoms with Gasteiger partial charge in [0.25, 0.3) is 0 Å². The summed E-state index contributed by atoms with van der Waals surface area (Å²) >= 11 is 5.22. The van der Waals surface area contributed by atoms with Crippen LogP contribution in [0.2, 0.25) is 0 Å². The number of carbonyl (C=O) groups excluding carboxylic acids is 1. The van der Waals surface area contributed by atoms with Gasteiger partial charge in [-0.15, -0.1) is 10.2 Å². The molecular weight excluding hydrogens is 611 g/mol. The van der Waals surface area contributed by atoms with Crippen molar-refractivity contribution in [2.24, 2.45) is 4.99 Å². The molecule has 3 heterocycles. The largest absolute Gasteiger partial charge is 0.469 e. The second-order valence-electron chi connectivity index (χ2n) is 10.0. The summed E-state index contributed by atoms with van der Waals surface area (Å²) in [5, 5.41) is 19.0. The van der Waals surface area contributed by atoms with E-state index in [1.807, 2.05) is 22.8 Å². The zero-order valence-electron chi connectivity index (χ0n) is 23.0. The zero-order chi connectivity index (χ0) is 28.8. The predicted octanol–water partition coefficient (Wildman–Crippen LogP) is 4.11. The minimum absolute atomic E-state index is 0.149. The van der Waals surface area contributed by atoms with Crippen LogP contribution in [0.5, 0.6) is 0 Å². The topological polar surface area (TPSA) is 96.1 Å². The summed E-state index contributed by atoms with van der Waals surface area (Å²) < 4.78 is 22.9. The highest BCUT2D eigenvalue weighted by atomic mass is 79.9. The number of aromatic nitrogens is 3. The number of aliphatic imine (C=N–C) groups is 1. The van der Waals surface area contributed by atoms with Crippen molar-refractivity contribution in [3.8, 4) is 5.69 Å². The number of ether oxygens (including phenoxy) is 1. The van der Waals surface area contributed by atoms with Crippen LogP contribution in [0.3, 0.4) is 0 Å². The van der Waals surface area contributed by atoms with Crippen LogP contribution in [0.25, 0.3) is 5.69 Å². The van der Waals surface area contributed by atoms with Crippen LogP contribution in [-0.2, 0) is 9.53 Å². The smallest absolute Gasteiger partial charge is 0.305 e. The Balaban J connectivity index is 1.41. The van der Waals surface area contributed by atoms with Gasteiger partial charge < -0.3 is 14.7 Å². The summed E-state index contributed by atoms with van der Waals surface area (Å²) in [6.07, 6.45) is 1.49. The first kappa shape index (κ1) is 29.8. The van der Waals surface area contributed by atoms with Crippen molar-refractivity contribution in [3.63, 3.8) is 0 Å². The van der Waals surface area contributed by atoms with Gasteiger partial charge in [0.2, 0.25) is 0 Å². The molecule has 1 saturated heterocycles. The average molecular weight is 646 g/mol. The highest BCUT2D eigenvalue weighted by Crippen LogP contribution is 2.37. The summed E-state index contributed by atoms with van der Waals surface area (Å²) in [6.45, 7) is 5.91. The van der Waals surface area contributed by atoms with Crippen LogP contribution in [0.1, 0.15) is 42.3 Å². The fourth-order valence-electron chi connectivity index (χ4n) is 5.24. The minimum Gasteiger partial charge on any atom is -0.469 e. The molecule has 0 saturated carbocycles. The standard InChI is InChI=1S/C29H34BrFN6O3S/c1-40-26(39)10-8-24-28-33-34-29(41-18-4-11-35-12-14-36(15-13-35)16-17-38)37(28)25-9-7-20(30)19-22(25)27(32-24)21-5-2-3-6-23(21)31/h2-3,5-7,9,19,24,38H,4,8,10-18H2,1H3/t24-/m0/s1. The molecule has 1 N–H and O–H groups in total. The molecule has 0 bridgehead atoms. The maximum Gasteiger partial charge on any atom is 0.305 e. The molecule has 5 rings (SSSR count). The second-order valence-corrected chi connectivity index (χ2v) is 12.0. The number of esters is 1. The van der Waals surface area contributed by atoms with Crippen LogP contribution in [-0.4, -0.2) is 100 Å². The number of carbonyl (C=O) groups is 1. The van der Waals surface area contributed by atoms with Gasteiger partial charge in [-0.05, 0) is 49.7 Å². The number of hydrogen-bond donors (Lipinski definition) is 1. The van der Waals surface area contributed by atoms with Gasteiger partial charge >= 0.3 is 5.97 Å². The molecular formula is C29H34BrFN6O3S.